The molecule has 1 saturated heterocycles. The number of rotatable bonds is 9. The number of nitrogens with zero attached hydrogens (tertiary/aromatic N) is 5. The van der Waals surface area contributed by atoms with Gasteiger partial charge in [0.15, 0.2) is 17.3 Å². The first-order chi connectivity index (χ1) is 16.7. The predicted molar refractivity (Wildman–Crippen MR) is 145 cm³/mol. The molecule has 3 heterocycles. The van der Waals surface area contributed by atoms with Gasteiger partial charge in [0.25, 0.3) is 0 Å². The van der Waals surface area contributed by atoms with E-state index in [1.54, 1.807) is 19.5 Å². The second-order valence-corrected chi connectivity index (χ2v) is 8.09. The van der Waals surface area contributed by atoms with E-state index in [0.29, 0.717) is 30.3 Å². The summed E-state index contributed by atoms with van der Waals surface area (Å²) in [5.41, 5.74) is 8.12. The van der Waals surface area contributed by atoms with Gasteiger partial charge < -0.3 is 31.2 Å². The lowest BCUT2D eigenvalue weighted by atomic mass is 10.0. The van der Waals surface area contributed by atoms with E-state index in [1.807, 2.05) is 24.3 Å². The van der Waals surface area contributed by atoms with Crippen LogP contribution in [0.4, 0.5) is 5.82 Å². The second kappa shape index (κ2) is 14.2. The molecule has 0 spiro atoms. The summed E-state index contributed by atoms with van der Waals surface area (Å²) in [7, 11) is 1.65. The lowest BCUT2D eigenvalue weighted by Crippen LogP contribution is -2.46. The van der Waals surface area contributed by atoms with Crippen molar-refractivity contribution >= 4 is 16.6 Å². The standard InChI is InChI=1S/C24H32N6O2.C2H4.H3N.H2/c1-3-29-10-12-30(13-11-29)9-4-14-32-23-17-20-19(16-22(23)31-2)21(27-28-24(20)25)15-18-5-7-26-8-6-18;1-2;;/h5-8,16-17H,3-4,9-15H2,1-2H3,(H2,25,28);1-2H2;1H3;1H. The summed E-state index contributed by atoms with van der Waals surface area (Å²) in [4.78, 5) is 9.07. The lowest BCUT2D eigenvalue weighted by Gasteiger charge is -2.33. The maximum atomic E-state index is 6.16. The van der Waals surface area contributed by atoms with Gasteiger partial charge in [-0.2, -0.15) is 5.10 Å². The number of nitrogens with two attached hydrogens (primary N) is 1. The average Bonchev–Trinajstić information content (AvgIpc) is 2.90. The normalized spacial score (nSPS) is 14.0. The van der Waals surface area contributed by atoms with Gasteiger partial charge in [0.2, 0.25) is 0 Å². The van der Waals surface area contributed by atoms with E-state index < -0.39 is 0 Å². The molecule has 1 aromatic carbocycles. The molecule has 192 valence electrons. The highest BCUT2D eigenvalue weighted by molar-refractivity contribution is 5.94. The molecule has 9 heteroatoms. The van der Waals surface area contributed by atoms with Gasteiger partial charge >= 0.3 is 0 Å². The van der Waals surface area contributed by atoms with E-state index in [-0.39, 0.29) is 7.58 Å². The minimum Gasteiger partial charge on any atom is -0.493 e. The van der Waals surface area contributed by atoms with Gasteiger partial charge in [0.05, 0.1) is 19.4 Å². The van der Waals surface area contributed by atoms with E-state index in [1.165, 1.54) is 0 Å². The molecule has 0 amide bonds. The van der Waals surface area contributed by atoms with E-state index in [9.17, 15) is 0 Å². The third-order valence-electron chi connectivity index (χ3n) is 6.08. The van der Waals surface area contributed by atoms with Crippen molar-refractivity contribution in [1.29, 1.82) is 0 Å². The summed E-state index contributed by atoms with van der Waals surface area (Å²) >= 11 is 0. The number of ether oxygens (including phenoxy) is 2. The molecule has 0 saturated carbocycles. The Hall–Kier alpha value is -3.27. The molecule has 5 N–H and O–H groups in total. The number of likely N-dealkylation sites (N-methyl/N-ethyl adjacent to an activating group) is 1. The number of benzene rings is 1. The summed E-state index contributed by atoms with van der Waals surface area (Å²) in [6.07, 6.45) is 5.16. The minimum atomic E-state index is 0. The van der Waals surface area contributed by atoms with Crippen molar-refractivity contribution in [3.63, 3.8) is 0 Å². The predicted octanol–water partition coefficient (Wildman–Crippen LogP) is 3.82. The Balaban J connectivity index is 0.00000158. The Morgan fingerprint density at radius 2 is 1.66 bits per heavy atom. The first-order valence-corrected chi connectivity index (χ1v) is 11.8. The van der Waals surface area contributed by atoms with Gasteiger partial charge in [-0.1, -0.05) is 6.92 Å². The van der Waals surface area contributed by atoms with Gasteiger partial charge in [0.1, 0.15) is 0 Å². The molecule has 35 heavy (non-hydrogen) atoms. The minimum absolute atomic E-state index is 0. The van der Waals surface area contributed by atoms with Crippen LogP contribution in [0, 0.1) is 0 Å². The van der Waals surface area contributed by atoms with Gasteiger partial charge in [0, 0.05) is 63.7 Å². The molecule has 0 bridgehead atoms. The third-order valence-corrected chi connectivity index (χ3v) is 6.08. The number of anilines is 1. The van der Waals surface area contributed by atoms with Crippen LogP contribution in [0.2, 0.25) is 0 Å². The molecule has 9 nitrogen and oxygen atoms in total. The molecule has 1 aliphatic rings. The summed E-state index contributed by atoms with van der Waals surface area (Å²) in [6, 6.07) is 7.83. The fourth-order valence-corrected chi connectivity index (χ4v) is 4.13. The molecule has 0 aliphatic carbocycles. The van der Waals surface area contributed by atoms with Gasteiger partial charge in [-0.3, -0.25) is 4.98 Å². The second-order valence-electron chi connectivity index (χ2n) is 8.09. The molecular formula is C26H41N7O2. The van der Waals surface area contributed by atoms with E-state index in [2.05, 4.69) is 45.1 Å². The number of pyridine rings is 1. The molecule has 3 aromatic rings. The van der Waals surface area contributed by atoms with Crippen molar-refractivity contribution in [2.45, 2.75) is 19.8 Å². The quantitative estimate of drug-likeness (QED) is 0.345. The van der Waals surface area contributed by atoms with Crippen LogP contribution in [0.5, 0.6) is 11.5 Å². The van der Waals surface area contributed by atoms with Crippen LogP contribution in [0.3, 0.4) is 0 Å². The highest BCUT2D eigenvalue weighted by Gasteiger charge is 2.16. The fraction of sp³-hybridized carbons (Fsp3) is 0.423. The SMILES string of the molecule is C=C.CCN1CCN(CCCOc2cc3c(N)nnc(Cc4ccncc4)c3cc2OC)CC1.N.[HH]. The topological polar surface area (TPSA) is 125 Å². The Bertz CT molecular complexity index is 1050. The van der Waals surface area contributed by atoms with Crippen LogP contribution >= 0.6 is 0 Å². The van der Waals surface area contributed by atoms with Gasteiger partial charge in [-0.25, -0.2) is 0 Å². The number of nitrogen functional groups attached to an aromatic ring is 1. The van der Waals surface area contributed by atoms with E-state index in [4.69, 9.17) is 15.2 Å². The first-order valence-electron chi connectivity index (χ1n) is 11.8. The average molecular weight is 484 g/mol. The number of aromatic nitrogens is 3. The van der Waals surface area contributed by atoms with Crippen molar-refractivity contribution in [1.82, 2.24) is 31.1 Å². The zero-order valence-corrected chi connectivity index (χ0v) is 21.1. The molecule has 2 aromatic heterocycles. The maximum Gasteiger partial charge on any atom is 0.161 e. The van der Waals surface area contributed by atoms with Crippen LogP contribution in [0.15, 0.2) is 49.8 Å². The Morgan fingerprint density at radius 3 is 2.31 bits per heavy atom. The highest BCUT2D eigenvalue weighted by Crippen LogP contribution is 2.35. The Kier molecular flexibility index (Phi) is 11.4. The summed E-state index contributed by atoms with van der Waals surface area (Å²) in [5.74, 6) is 1.75. The van der Waals surface area contributed by atoms with Crippen molar-refractivity contribution in [3.05, 3.63) is 61.1 Å². The van der Waals surface area contributed by atoms with Crippen LogP contribution in [-0.2, 0) is 6.42 Å². The molecule has 1 aliphatic heterocycles. The third kappa shape index (κ3) is 7.35. The molecule has 0 unspecified atom stereocenters. The summed E-state index contributed by atoms with van der Waals surface area (Å²) in [6.45, 7) is 15.6. The summed E-state index contributed by atoms with van der Waals surface area (Å²) in [5, 5.41) is 10.3. The van der Waals surface area contributed by atoms with Crippen LogP contribution in [-0.4, -0.2) is 78.0 Å². The number of hydrogen-bond acceptors (Lipinski definition) is 9. The number of fused-ring (bicyclic) bond motifs is 1. The molecule has 4 rings (SSSR count). The molecule has 0 atom stereocenters. The van der Waals surface area contributed by atoms with Crippen molar-refractivity contribution < 1.29 is 10.9 Å². The number of methoxy groups -OCH3 is 1. The van der Waals surface area contributed by atoms with Gasteiger partial charge in [-0.15, -0.1) is 18.3 Å². The molecular weight excluding hydrogens is 442 g/mol. The Morgan fingerprint density at radius 1 is 1.00 bits per heavy atom. The van der Waals surface area contributed by atoms with Crippen molar-refractivity contribution in [2.75, 3.05) is 58.7 Å². The highest BCUT2D eigenvalue weighted by atomic mass is 16.5. The molecule has 1 fully saturated rings. The molecule has 0 radical (unpaired) electrons. The smallest absolute Gasteiger partial charge is 0.161 e. The van der Waals surface area contributed by atoms with Crippen LogP contribution in [0.25, 0.3) is 10.8 Å². The van der Waals surface area contributed by atoms with E-state index in [0.717, 1.165) is 67.7 Å². The zero-order valence-electron chi connectivity index (χ0n) is 21.1. The van der Waals surface area contributed by atoms with Crippen molar-refractivity contribution in [2.24, 2.45) is 0 Å². The summed E-state index contributed by atoms with van der Waals surface area (Å²) < 4.78 is 11.7. The maximum absolute atomic E-state index is 6.16. The largest absolute Gasteiger partial charge is 0.493 e. The van der Waals surface area contributed by atoms with Crippen LogP contribution in [0.1, 0.15) is 26.0 Å². The van der Waals surface area contributed by atoms with E-state index >= 15 is 0 Å². The fourth-order valence-electron chi connectivity index (χ4n) is 4.13. The monoisotopic (exact) mass is 483 g/mol. The van der Waals surface area contributed by atoms with Crippen molar-refractivity contribution in [3.8, 4) is 11.5 Å². The number of piperazine rings is 1. The Labute approximate surface area is 210 Å². The number of hydrogen-bond donors (Lipinski definition) is 2. The lowest BCUT2D eigenvalue weighted by molar-refractivity contribution is 0.130. The van der Waals surface area contributed by atoms with Crippen LogP contribution < -0.4 is 21.4 Å². The zero-order chi connectivity index (χ0) is 24.3. The first kappa shape index (κ1) is 28.0. The van der Waals surface area contributed by atoms with Gasteiger partial charge in [-0.05, 0) is 42.8 Å².